The summed E-state index contributed by atoms with van der Waals surface area (Å²) in [5.74, 6) is -0.208. The van der Waals surface area contributed by atoms with E-state index in [9.17, 15) is 4.79 Å². The lowest BCUT2D eigenvalue weighted by Crippen LogP contribution is -2.57. The second-order valence-corrected chi connectivity index (χ2v) is 24.6. The summed E-state index contributed by atoms with van der Waals surface area (Å²) in [5, 5.41) is 3.02. The van der Waals surface area contributed by atoms with Crippen molar-refractivity contribution in [2.45, 2.75) is 116 Å². The van der Waals surface area contributed by atoms with Crippen molar-refractivity contribution in [2.75, 3.05) is 0 Å². The highest BCUT2D eigenvalue weighted by atomic mass is 28.4. The third-order valence-corrected chi connectivity index (χ3v) is 14.7. The van der Waals surface area contributed by atoms with Crippen LogP contribution in [0.25, 0.3) is 0 Å². The summed E-state index contributed by atoms with van der Waals surface area (Å²) in [7, 11) is -4.99. The maximum Gasteiger partial charge on any atom is 0.245 e. The quantitative estimate of drug-likeness (QED) is 0.189. The van der Waals surface area contributed by atoms with Crippen LogP contribution < -0.4 is 5.32 Å². The van der Waals surface area contributed by atoms with Crippen LogP contribution in [0.5, 0.6) is 0 Å². The van der Waals surface area contributed by atoms with Gasteiger partial charge in [-0.1, -0.05) is 46.6 Å². The molecule has 9 heteroatoms. The van der Waals surface area contributed by atoms with Crippen molar-refractivity contribution in [3.63, 3.8) is 0 Å². The molecule has 1 N–H and O–H groups in total. The average molecular weight is 492 g/mol. The van der Waals surface area contributed by atoms with Crippen molar-refractivity contribution in [2.24, 2.45) is 0 Å². The monoisotopic (exact) mass is 491 g/mol. The Morgan fingerprint density at radius 3 is 1.70 bits per heavy atom. The summed E-state index contributed by atoms with van der Waals surface area (Å²) >= 11 is 0. The molecule has 0 heterocycles. The Bertz CT molecular complexity index is 521. The molecule has 0 aromatic rings. The molecule has 0 radical (unpaired) electrons. The van der Waals surface area contributed by atoms with Crippen LogP contribution >= 0.6 is 0 Å². The van der Waals surface area contributed by atoms with Crippen molar-refractivity contribution in [3.8, 4) is 0 Å². The first-order valence-corrected chi connectivity index (χ1v) is 22.0. The van der Waals surface area contributed by atoms with E-state index in [-0.39, 0.29) is 5.91 Å². The Labute approximate surface area is 192 Å². The van der Waals surface area contributed by atoms with Crippen LogP contribution in [0.3, 0.4) is 0 Å². The molecule has 0 aliphatic rings. The van der Waals surface area contributed by atoms with E-state index >= 15 is 0 Å². The van der Waals surface area contributed by atoms with E-state index in [1.54, 1.807) is 0 Å². The molecular weight excluding hydrogens is 443 g/mol. The molecule has 0 spiro atoms. The molecule has 0 aromatic carbocycles. The van der Waals surface area contributed by atoms with E-state index in [1.807, 2.05) is 0 Å². The van der Waals surface area contributed by atoms with Gasteiger partial charge >= 0.3 is 0 Å². The molecule has 1 amide bonds. The van der Waals surface area contributed by atoms with E-state index in [1.165, 1.54) is 6.08 Å². The van der Waals surface area contributed by atoms with Crippen LogP contribution in [0.2, 0.25) is 57.4 Å². The lowest BCUT2D eigenvalue weighted by molar-refractivity contribution is -0.122. The first-order chi connectivity index (χ1) is 13.6. The maximum absolute atomic E-state index is 12.2. The summed E-state index contributed by atoms with van der Waals surface area (Å²) in [5.41, 5.74) is -0.647. The lowest BCUT2D eigenvalue weighted by atomic mass is 10.3. The summed E-state index contributed by atoms with van der Waals surface area (Å²) in [6, 6.07) is 3.24. The predicted octanol–water partition coefficient (Wildman–Crippen LogP) is 4.92. The average Bonchev–Trinajstić information content (AvgIpc) is 2.51. The number of amides is 1. The zero-order valence-electron chi connectivity index (χ0n) is 21.4. The zero-order chi connectivity index (χ0) is 23.6. The van der Waals surface area contributed by atoms with Crippen molar-refractivity contribution in [3.05, 3.63) is 12.7 Å². The minimum absolute atomic E-state index is 0.208. The number of hydrogen-bond acceptors (Lipinski definition) is 4. The van der Waals surface area contributed by atoms with Gasteiger partial charge in [0, 0.05) is 6.42 Å². The fraction of sp³-hybridized carbons (Fsp3) is 0.857. The normalized spacial score (nSPS) is 14.6. The molecule has 0 aliphatic heterocycles. The van der Waals surface area contributed by atoms with Crippen LogP contribution in [-0.2, 0) is 18.1 Å². The summed E-state index contributed by atoms with van der Waals surface area (Å²) in [6.45, 7) is 23.7. The molecule has 30 heavy (non-hydrogen) atoms. The minimum Gasteiger partial charge on any atom is -0.397 e. The summed E-state index contributed by atoms with van der Waals surface area (Å²) < 4.78 is 20.2. The standard InChI is InChI=1S/C21H49NO4Si4/c1-11-15-28(5,6)24-20(22-19(23)14-4)18-21(27,25-29(7,8)16-12-2)26-30(9,10)17-13-3/h14,20H,4,11-13,15-18H2,1-3,5-10,27H3,(H,22,23). The van der Waals surface area contributed by atoms with Gasteiger partial charge in [0.25, 0.3) is 0 Å². The van der Waals surface area contributed by atoms with E-state index in [0.717, 1.165) is 47.6 Å². The van der Waals surface area contributed by atoms with Gasteiger partial charge in [-0.2, -0.15) is 0 Å². The fourth-order valence-electron chi connectivity index (χ4n) is 4.30. The Morgan fingerprint density at radius 1 is 0.933 bits per heavy atom. The van der Waals surface area contributed by atoms with Crippen LogP contribution in [0.15, 0.2) is 12.7 Å². The topological polar surface area (TPSA) is 56.8 Å². The van der Waals surface area contributed by atoms with Crippen LogP contribution in [-0.4, -0.2) is 52.7 Å². The first-order valence-electron chi connectivity index (χ1n) is 11.6. The zero-order valence-corrected chi connectivity index (χ0v) is 26.4. The van der Waals surface area contributed by atoms with Crippen LogP contribution in [0.4, 0.5) is 0 Å². The summed E-state index contributed by atoms with van der Waals surface area (Å²) in [4.78, 5) is 12.2. The number of hydrogen-bond donors (Lipinski definition) is 1. The van der Waals surface area contributed by atoms with Gasteiger partial charge in [-0.15, -0.1) is 0 Å². The lowest BCUT2D eigenvalue weighted by Gasteiger charge is -2.45. The molecule has 0 saturated carbocycles. The van der Waals surface area contributed by atoms with E-state index in [0.29, 0.717) is 6.42 Å². The highest BCUT2D eigenvalue weighted by molar-refractivity contribution is 6.73. The Morgan fingerprint density at radius 2 is 1.33 bits per heavy atom. The Balaban J connectivity index is 5.86. The van der Waals surface area contributed by atoms with Gasteiger partial charge in [-0.3, -0.25) is 4.79 Å². The second-order valence-electron chi connectivity index (χ2n) is 10.4. The highest BCUT2D eigenvalue weighted by Gasteiger charge is 2.42. The third kappa shape index (κ3) is 12.7. The smallest absolute Gasteiger partial charge is 0.245 e. The predicted molar refractivity (Wildman–Crippen MR) is 140 cm³/mol. The SMILES string of the molecule is C=CC(=O)NC(CC([SiH3])(O[Si](C)(C)CCC)O[Si](C)(C)CCC)O[Si](C)(C)CCC. The van der Waals surface area contributed by atoms with E-state index < -0.39 is 36.6 Å². The number of carbonyl (C=O) groups excluding carboxylic acids is 1. The van der Waals surface area contributed by atoms with E-state index in [2.05, 4.69) is 71.9 Å². The second kappa shape index (κ2) is 12.9. The molecule has 0 saturated heterocycles. The Hall–Kier alpha value is -0.0425. The van der Waals surface area contributed by atoms with Gasteiger partial charge in [0.1, 0.15) is 11.6 Å². The maximum atomic E-state index is 12.2. The molecule has 5 nitrogen and oxygen atoms in total. The molecule has 0 bridgehead atoms. The van der Waals surface area contributed by atoms with Crippen molar-refractivity contribution in [1.82, 2.24) is 5.32 Å². The van der Waals surface area contributed by atoms with Gasteiger partial charge < -0.3 is 18.6 Å². The fourth-order valence-corrected chi connectivity index (χ4v) is 15.5. The molecule has 0 aromatic heterocycles. The van der Waals surface area contributed by atoms with Crippen molar-refractivity contribution >= 4 is 41.1 Å². The van der Waals surface area contributed by atoms with Gasteiger partial charge in [-0.05, 0) is 63.5 Å². The molecule has 0 fully saturated rings. The van der Waals surface area contributed by atoms with Crippen molar-refractivity contribution < 1.29 is 18.1 Å². The minimum atomic E-state index is -1.92. The molecular formula is C21H49NO4Si4. The number of carbonyl (C=O) groups is 1. The third-order valence-electron chi connectivity index (χ3n) is 5.05. The van der Waals surface area contributed by atoms with Crippen molar-refractivity contribution in [1.29, 1.82) is 0 Å². The highest BCUT2D eigenvalue weighted by Crippen LogP contribution is 2.31. The van der Waals surface area contributed by atoms with Gasteiger partial charge in [0.2, 0.25) is 5.91 Å². The molecule has 0 rings (SSSR count). The van der Waals surface area contributed by atoms with Gasteiger partial charge in [-0.25, -0.2) is 0 Å². The largest absolute Gasteiger partial charge is 0.397 e. The number of rotatable bonds is 16. The van der Waals surface area contributed by atoms with Crippen LogP contribution in [0, 0.1) is 0 Å². The summed E-state index contributed by atoms with van der Waals surface area (Å²) in [6.07, 6.45) is 4.73. The molecule has 1 unspecified atom stereocenters. The van der Waals surface area contributed by atoms with Gasteiger partial charge in [0.15, 0.2) is 25.0 Å². The van der Waals surface area contributed by atoms with Gasteiger partial charge in [0.05, 0.1) is 10.2 Å². The molecule has 1 atom stereocenters. The Kier molecular flexibility index (Phi) is 12.8. The first kappa shape index (κ1) is 30.0. The molecule has 178 valence electrons. The van der Waals surface area contributed by atoms with E-state index in [4.69, 9.17) is 13.3 Å². The van der Waals surface area contributed by atoms with Crippen LogP contribution in [0.1, 0.15) is 46.5 Å². The number of nitrogens with one attached hydrogen (secondary N) is 1. The molecule has 0 aliphatic carbocycles.